The first kappa shape index (κ1) is 9.79. The molecule has 0 spiro atoms. The minimum absolute atomic E-state index is 0.0687. The lowest BCUT2D eigenvalue weighted by Crippen LogP contribution is -2.29. The van der Waals surface area contributed by atoms with Crippen LogP contribution in [0.25, 0.3) is 0 Å². The van der Waals surface area contributed by atoms with Gasteiger partial charge in [-0.25, -0.2) is 0 Å². The van der Waals surface area contributed by atoms with Gasteiger partial charge in [0.25, 0.3) is 0 Å². The van der Waals surface area contributed by atoms with Crippen LogP contribution in [0.2, 0.25) is 0 Å². The molecule has 1 atom stereocenters. The van der Waals surface area contributed by atoms with Gasteiger partial charge in [0.05, 0.1) is 6.42 Å². The van der Waals surface area contributed by atoms with Crippen molar-refractivity contribution in [3.63, 3.8) is 0 Å². The normalized spacial score (nSPS) is 18.6. The molecule has 1 unspecified atom stereocenters. The average Bonchev–Trinajstić information content (AvgIpc) is 2.18. The first-order valence-electron chi connectivity index (χ1n) is 4.54. The summed E-state index contributed by atoms with van der Waals surface area (Å²) in [6.07, 6.45) is -0.925. The molecule has 0 radical (unpaired) electrons. The van der Waals surface area contributed by atoms with Gasteiger partial charge in [-0.15, -0.1) is 0 Å². The van der Waals surface area contributed by atoms with Crippen LogP contribution in [0.1, 0.15) is 5.56 Å². The number of carbonyl (C=O) groups is 1. The molecule has 1 aliphatic rings. The van der Waals surface area contributed by atoms with Crippen LogP contribution in [-0.2, 0) is 11.2 Å². The van der Waals surface area contributed by atoms with Gasteiger partial charge in [-0.1, -0.05) is 12.1 Å². The zero-order valence-electron chi connectivity index (χ0n) is 7.97. The fourth-order valence-corrected chi connectivity index (χ4v) is 1.47. The maximum Gasteiger partial charge on any atom is 0.232 e. The topological polar surface area (TPSA) is 81.8 Å². The predicted molar refractivity (Wildman–Crippen MR) is 51.5 cm³/mol. The van der Waals surface area contributed by atoms with E-state index >= 15 is 0 Å². The third-order valence-corrected chi connectivity index (χ3v) is 2.06. The number of para-hydroxylation sites is 1. The number of hydrogen-bond acceptors (Lipinski definition) is 4. The van der Waals surface area contributed by atoms with E-state index in [1.165, 1.54) is 0 Å². The maximum absolute atomic E-state index is 10.8. The first-order chi connectivity index (χ1) is 7.16. The number of nitrogens with two attached hydrogens (primary N) is 1. The summed E-state index contributed by atoms with van der Waals surface area (Å²) in [6, 6.07) is 5.18. The minimum Gasteiger partial charge on any atom is -0.483 e. The molecule has 1 heterocycles. The van der Waals surface area contributed by atoms with Crippen LogP contribution in [0.5, 0.6) is 11.5 Å². The van der Waals surface area contributed by atoms with Crippen molar-refractivity contribution in [2.45, 2.75) is 12.7 Å². The number of hydrogen-bond donors (Lipinski definition) is 2. The fourth-order valence-electron chi connectivity index (χ4n) is 1.47. The number of aliphatic hydroxyl groups excluding tert-OH is 1. The summed E-state index contributed by atoms with van der Waals surface area (Å²) in [5.74, 6) is 0.473. The van der Waals surface area contributed by atoms with Crippen molar-refractivity contribution in [1.29, 1.82) is 0 Å². The van der Waals surface area contributed by atoms with Crippen molar-refractivity contribution in [1.82, 2.24) is 0 Å². The number of primary amides is 1. The smallest absolute Gasteiger partial charge is 0.232 e. The second-order valence-corrected chi connectivity index (χ2v) is 3.27. The molecule has 15 heavy (non-hydrogen) atoms. The molecule has 1 amide bonds. The Morgan fingerprint density at radius 1 is 1.60 bits per heavy atom. The fraction of sp³-hybridized carbons (Fsp3) is 0.300. The average molecular weight is 209 g/mol. The van der Waals surface area contributed by atoms with Crippen LogP contribution in [0.3, 0.4) is 0 Å². The highest BCUT2D eigenvalue weighted by Crippen LogP contribution is 2.34. The Hall–Kier alpha value is -1.75. The van der Waals surface area contributed by atoms with Crippen LogP contribution in [-0.4, -0.2) is 23.9 Å². The summed E-state index contributed by atoms with van der Waals surface area (Å²) in [5, 5.41) is 9.25. The molecule has 2 rings (SSSR count). The quantitative estimate of drug-likeness (QED) is 0.707. The van der Waals surface area contributed by atoms with Crippen molar-refractivity contribution in [2.24, 2.45) is 5.73 Å². The lowest BCUT2D eigenvalue weighted by atomic mass is 10.1. The molecule has 3 N–H and O–H groups in total. The molecular formula is C10H11NO4. The van der Waals surface area contributed by atoms with Crippen molar-refractivity contribution in [2.75, 3.05) is 6.61 Å². The zero-order valence-corrected chi connectivity index (χ0v) is 7.97. The number of benzene rings is 1. The highest BCUT2D eigenvalue weighted by atomic mass is 16.7. The number of amides is 1. The number of rotatable bonds is 2. The molecule has 0 fully saturated rings. The number of ether oxygens (including phenoxy) is 2. The van der Waals surface area contributed by atoms with Crippen LogP contribution < -0.4 is 15.2 Å². The summed E-state index contributed by atoms with van der Waals surface area (Å²) in [7, 11) is 0. The lowest BCUT2D eigenvalue weighted by molar-refractivity contribution is -0.117. The van der Waals surface area contributed by atoms with Gasteiger partial charge in [0.1, 0.15) is 0 Å². The van der Waals surface area contributed by atoms with Gasteiger partial charge in [0.2, 0.25) is 12.2 Å². The molecule has 0 saturated carbocycles. The molecule has 0 aromatic heterocycles. The van der Waals surface area contributed by atoms with Gasteiger partial charge in [0.15, 0.2) is 18.1 Å². The lowest BCUT2D eigenvalue weighted by Gasteiger charge is -2.24. The summed E-state index contributed by atoms with van der Waals surface area (Å²) >= 11 is 0. The standard InChI is InChI=1S/C10H11NO4/c11-8(12)4-6-2-1-3-7-10(6)15-9(13)5-14-7/h1-3,9,13H,4-5H2,(H2,11,12). The number of fused-ring (bicyclic) bond motifs is 1. The Morgan fingerprint density at radius 2 is 2.40 bits per heavy atom. The summed E-state index contributed by atoms with van der Waals surface area (Å²) < 4.78 is 10.4. The largest absolute Gasteiger partial charge is 0.483 e. The van der Waals surface area contributed by atoms with Gasteiger partial charge < -0.3 is 20.3 Å². The molecule has 5 heteroatoms. The minimum atomic E-state index is -0.994. The summed E-state index contributed by atoms with van der Waals surface area (Å²) in [4.78, 5) is 10.8. The molecule has 0 saturated heterocycles. The third kappa shape index (κ3) is 2.02. The second kappa shape index (κ2) is 3.78. The van der Waals surface area contributed by atoms with Crippen LogP contribution >= 0.6 is 0 Å². The van der Waals surface area contributed by atoms with Gasteiger partial charge >= 0.3 is 0 Å². The van der Waals surface area contributed by atoms with E-state index in [1.54, 1.807) is 18.2 Å². The van der Waals surface area contributed by atoms with Gasteiger partial charge in [-0.2, -0.15) is 0 Å². The molecule has 1 aromatic rings. The van der Waals surface area contributed by atoms with E-state index < -0.39 is 12.2 Å². The van der Waals surface area contributed by atoms with Crippen molar-refractivity contribution >= 4 is 5.91 Å². The van der Waals surface area contributed by atoms with E-state index in [-0.39, 0.29) is 13.0 Å². The van der Waals surface area contributed by atoms with E-state index in [0.29, 0.717) is 17.1 Å². The van der Waals surface area contributed by atoms with Gasteiger partial charge in [0, 0.05) is 5.56 Å². The van der Waals surface area contributed by atoms with E-state index in [9.17, 15) is 9.90 Å². The predicted octanol–water partition coefficient (Wildman–Crippen LogP) is -0.196. The summed E-state index contributed by atoms with van der Waals surface area (Å²) in [5.41, 5.74) is 5.72. The SMILES string of the molecule is NC(=O)Cc1cccc2c1OC(O)CO2. The summed E-state index contributed by atoms with van der Waals surface area (Å²) in [6.45, 7) is 0.0903. The Morgan fingerprint density at radius 3 is 3.13 bits per heavy atom. The Balaban J connectivity index is 2.35. The molecular weight excluding hydrogens is 198 g/mol. The molecule has 0 aliphatic carbocycles. The van der Waals surface area contributed by atoms with Crippen molar-refractivity contribution in [3.05, 3.63) is 23.8 Å². The molecule has 5 nitrogen and oxygen atoms in total. The van der Waals surface area contributed by atoms with E-state index in [0.717, 1.165) is 0 Å². The third-order valence-electron chi connectivity index (χ3n) is 2.06. The van der Waals surface area contributed by atoms with Crippen LogP contribution in [0.4, 0.5) is 0 Å². The highest BCUT2D eigenvalue weighted by Gasteiger charge is 2.21. The Kier molecular flexibility index (Phi) is 2.47. The van der Waals surface area contributed by atoms with Gasteiger partial charge in [-0.05, 0) is 6.07 Å². The number of carbonyl (C=O) groups excluding carboxylic acids is 1. The maximum atomic E-state index is 10.8. The molecule has 80 valence electrons. The van der Waals surface area contributed by atoms with E-state index in [4.69, 9.17) is 15.2 Å². The van der Waals surface area contributed by atoms with Crippen LogP contribution in [0.15, 0.2) is 18.2 Å². The van der Waals surface area contributed by atoms with E-state index in [2.05, 4.69) is 0 Å². The Labute approximate surface area is 86.4 Å². The molecule has 1 aromatic carbocycles. The second-order valence-electron chi connectivity index (χ2n) is 3.27. The molecule has 0 bridgehead atoms. The van der Waals surface area contributed by atoms with E-state index in [1.807, 2.05) is 0 Å². The first-order valence-corrected chi connectivity index (χ1v) is 4.54. The highest BCUT2D eigenvalue weighted by molar-refractivity contribution is 5.78. The number of aliphatic hydroxyl groups is 1. The van der Waals surface area contributed by atoms with Crippen molar-refractivity contribution < 1.29 is 19.4 Å². The van der Waals surface area contributed by atoms with Gasteiger partial charge in [-0.3, -0.25) is 4.79 Å². The van der Waals surface area contributed by atoms with Crippen molar-refractivity contribution in [3.8, 4) is 11.5 Å². The zero-order chi connectivity index (χ0) is 10.8. The monoisotopic (exact) mass is 209 g/mol. The van der Waals surface area contributed by atoms with Crippen LogP contribution in [0, 0.1) is 0 Å². The molecule has 1 aliphatic heterocycles. The Bertz CT molecular complexity index is 391.